The largest absolute Gasteiger partial charge is 0.496 e. The molecule has 0 aliphatic heterocycles. The maximum Gasteiger partial charge on any atom is 0.399 e. The van der Waals surface area contributed by atoms with Crippen molar-refractivity contribution in [3.63, 3.8) is 0 Å². The van der Waals surface area contributed by atoms with Crippen molar-refractivity contribution in [1.82, 2.24) is 4.98 Å². The predicted octanol–water partition coefficient (Wildman–Crippen LogP) is 1.11. The van der Waals surface area contributed by atoms with Crippen molar-refractivity contribution in [2.75, 3.05) is 14.2 Å². The Hall–Kier alpha value is -1.18. The highest BCUT2D eigenvalue weighted by molar-refractivity contribution is 7.81. The molecule has 1 aromatic heterocycles. The Bertz CT molecular complexity index is 498. The van der Waals surface area contributed by atoms with Gasteiger partial charge >= 0.3 is 10.4 Å². The van der Waals surface area contributed by atoms with E-state index in [4.69, 9.17) is 4.74 Å². The van der Waals surface area contributed by atoms with Crippen LogP contribution in [-0.2, 0) is 25.4 Å². The molecule has 1 aromatic rings. The maximum atomic E-state index is 11.0. The van der Waals surface area contributed by atoms with E-state index in [9.17, 15) is 8.42 Å². The zero-order valence-electron chi connectivity index (χ0n) is 10.2. The van der Waals surface area contributed by atoms with Gasteiger partial charge in [-0.15, -0.1) is 0 Å². The van der Waals surface area contributed by atoms with Gasteiger partial charge in [-0.1, -0.05) is 0 Å². The van der Waals surface area contributed by atoms with E-state index in [0.717, 1.165) is 18.2 Å². The molecule has 96 valence electrons. The molecule has 0 aliphatic rings. The smallest absolute Gasteiger partial charge is 0.399 e. The average Bonchev–Trinajstić information content (AvgIpc) is 2.29. The third-order valence-electron chi connectivity index (χ3n) is 2.29. The van der Waals surface area contributed by atoms with E-state index in [0.29, 0.717) is 11.4 Å². The first-order valence-corrected chi connectivity index (χ1v) is 6.18. The summed E-state index contributed by atoms with van der Waals surface area (Å²) in [6.45, 7) is 3.46. The molecule has 0 saturated carbocycles. The van der Waals surface area contributed by atoms with Crippen LogP contribution in [0.2, 0.25) is 0 Å². The molecule has 0 aromatic carbocycles. The van der Waals surface area contributed by atoms with Crippen LogP contribution in [0.1, 0.15) is 16.8 Å². The molecular formula is C10H15NO5S. The highest BCUT2D eigenvalue weighted by Crippen LogP contribution is 2.24. The summed E-state index contributed by atoms with van der Waals surface area (Å²) in [5.74, 6) is 0.674. The lowest BCUT2D eigenvalue weighted by molar-refractivity contribution is 0.232. The minimum atomic E-state index is -3.94. The van der Waals surface area contributed by atoms with Crippen molar-refractivity contribution in [3.05, 3.63) is 23.0 Å². The molecule has 0 bridgehead atoms. The Morgan fingerprint density at radius 1 is 1.29 bits per heavy atom. The van der Waals surface area contributed by atoms with Crippen molar-refractivity contribution in [3.8, 4) is 5.75 Å². The summed E-state index contributed by atoms with van der Waals surface area (Å²) in [4.78, 5) is 4.10. The third kappa shape index (κ3) is 3.39. The van der Waals surface area contributed by atoms with Crippen LogP contribution < -0.4 is 4.74 Å². The predicted molar refractivity (Wildman–Crippen MR) is 61.0 cm³/mol. The van der Waals surface area contributed by atoms with Gasteiger partial charge in [-0.3, -0.25) is 9.17 Å². The fraction of sp³-hybridized carbons (Fsp3) is 0.500. The topological polar surface area (TPSA) is 74.7 Å². The minimum absolute atomic E-state index is 0.182. The molecule has 17 heavy (non-hydrogen) atoms. The van der Waals surface area contributed by atoms with Crippen LogP contribution in [0.15, 0.2) is 6.20 Å². The van der Waals surface area contributed by atoms with Crippen molar-refractivity contribution in [2.45, 2.75) is 20.5 Å². The van der Waals surface area contributed by atoms with E-state index in [1.54, 1.807) is 20.2 Å². The zero-order chi connectivity index (χ0) is 13.1. The van der Waals surface area contributed by atoms with E-state index < -0.39 is 10.4 Å². The van der Waals surface area contributed by atoms with Gasteiger partial charge in [-0.25, -0.2) is 4.18 Å². The molecule has 0 N–H and O–H groups in total. The van der Waals surface area contributed by atoms with E-state index >= 15 is 0 Å². The van der Waals surface area contributed by atoms with Gasteiger partial charge in [0, 0.05) is 17.3 Å². The Morgan fingerprint density at radius 2 is 1.94 bits per heavy atom. The van der Waals surface area contributed by atoms with Gasteiger partial charge in [0.2, 0.25) is 0 Å². The average molecular weight is 261 g/mol. The molecule has 0 saturated heterocycles. The van der Waals surface area contributed by atoms with Crippen molar-refractivity contribution in [2.24, 2.45) is 0 Å². The monoisotopic (exact) mass is 261 g/mol. The van der Waals surface area contributed by atoms with Gasteiger partial charge in [0.1, 0.15) is 12.4 Å². The molecule has 0 fully saturated rings. The summed E-state index contributed by atoms with van der Waals surface area (Å²) in [5, 5.41) is 0. The number of hydrogen-bond acceptors (Lipinski definition) is 6. The summed E-state index contributed by atoms with van der Waals surface area (Å²) < 4.78 is 36.0. The molecule has 0 atom stereocenters. The second-order valence-electron chi connectivity index (χ2n) is 3.38. The molecule has 0 radical (unpaired) electrons. The number of hydrogen-bond donors (Lipinski definition) is 0. The lowest BCUT2D eigenvalue weighted by Gasteiger charge is -2.11. The van der Waals surface area contributed by atoms with Crippen molar-refractivity contribution >= 4 is 10.4 Å². The Morgan fingerprint density at radius 3 is 2.47 bits per heavy atom. The molecule has 1 heterocycles. The first-order chi connectivity index (χ1) is 7.91. The molecule has 7 heteroatoms. The molecule has 1 rings (SSSR count). The number of aromatic nitrogens is 1. The summed E-state index contributed by atoms with van der Waals surface area (Å²) in [6.07, 6.45) is 1.60. The number of rotatable bonds is 5. The molecule has 0 amide bonds. The summed E-state index contributed by atoms with van der Waals surface area (Å²) in [7, 11) is -1.36. The number of aryl methyl sites for hydroxylation is 1. The number of methoxy groups -OCH3 is 1. The Kier molecular flexibility index (Phi) is 4.44. The fourth-order valence-electron chi connectivity index (χ4n) is 1.39. The first kappa shape index (κ1) is 13.9. The lowest BCUT2D eigenvalue weighted by atomic mass is 10.1. The molecule has 6 nitrogen and oxygen atoms in total. The second-order valence-corrected chi connectivity index (χ2v) is 4.77. The minimum Gasteiger partial charge on any atom is -0.496 e. The summed E-state index contributed by atoms with van der Waals surface area (Å²) in [5.41, 5.74) is 2.12. The standard InChI is InChI=1S/C10H15NO5S/c1-7-5-11-9(8(2)10(7)14-3)6-16-17(12,13)15-4/h5H,6H2,1-4H3. The van der Waals surface area contributed by atoms with Crippen LogP contribution in [0, 0.1) is 13.8 Å². The van der Waals surface area contributed by atoms with E-state index in [-0.39, 0.29) is 6.61 Å². The lowest BCUT2D eigenvalue weighted by Crippen LogP contribution is -2.09. The van der Waals surface area contributed by atoms with Gasteiger partial charge in [-0.05, 0) is 13.8 Å². The SMILES string of the molecule is COc1c(C)cnc(COS(=O)(=O)OC)c1C. The second kappa shape index (κ2) is 5.44. The number of nitrogens with zero attached hydrogens (tertiary/aromatic N) is 1. The van der Waals surface area contributed by atoms with Crippen LogP contribution in [0.3, 0.4) is 0 Å². The molecular weight excluding hydrogens is 246 g/mol. The van der Waals surface area contributed by atoms with Gasteiger partial charge in [-0.2, -0.15) is 8.42 Å². The summed E-state index contributed by atoms with van der Waals surface area (Å²) >= 11 is 0. The molecule has 0 unspecified atom stereocenters. The summed E-state index contributed by atoms with van der Waals surface area (Å²) in [6, 6.07) is 0. The molecule has 0 aliphatic carbocycles. The highest BCUT2D eigenvalue weighted by Gasteiger charge is 2.14. The van der Waals surface area contributed by atoms with Gasteiger partial charge in [0.25, 0.3) is 0 Å². The fourth-order valence-corrected chi connectivity index (χ4v) is 1.74. The van der Waals surface area contributed by atoms with Crippen LogP contribution in [-0.4, -0.2) is 27.6 Å². The maximum absolute atomic E-state index is 11.0. The van der Waals surface area contributed by atoms with Crippen molar-refractivity contribution in [1.29, 1.82) is 0 Å². The Labute approximate surface area is 101 Å². The van der Waals surface area contributed by atoms with Gasteiger partial charge in [0.05, 0.1) is 19.9 Å². The normalized spacial score (nSPS) is 11.5. The number of ether oxygens (including phenoxy) is 1. The van der Waals surface area contributed by atoms with Crippen LogP contribution in [0.25, 0.3) is 0 Å². The van der Waals surface area contributed by atoms with E-state index in [1.807, 2.05) is 6.92 Å². The third-order valence-corrected chi connectivity index (χ3v) is 3.11. The Balaban J connectivity index is 2.94. The number of pyridine rings is 1. The van der Waals surface area contributed by atoms with Crippen LogP contribution in [0.4, 0.5) is 0 Å². The molecule has 0 spiro atoms. The van der Waals surface area contributed by atoms with Crippen LogP contribution >= 0.6 is 0 Å². The zero-order valence-corrected chi connectivity index (χ0v) is 11.0. The first-order valence-electron chi connectivity index (χ1n) is 4.85. The highest BCUT2D eigenvalue weighted by atomic mass is 32.3. The van der Waals surface area contributed by atoms with E-state index in [1.165, 1.54) is 0 Å². The quantitative estimate of drug-likeness (QED) is 0.790. The van der Waals surface area contributed by atoms with Crippen molar-refractivity contribution < 1.29 is 21.5 Å². The van der Waals surface area contributed by atoms with Crippen LogP contribution in [0.5, 0.6) is 5.75 Å². The van der Waals surface area contributed by atoms with E-state index in [2.05, 4.69) is 13.4 Å². The van der Waals surface area contributed by atoms with Gasteiger partial charge in [0.15, 0.2) is 0 Å². The van der Waals surface area contributed by atoms with Gasteiger partial charge < -0.3 is 4.74 Å².